The number of piperazine rings is 1. The van der Waals surface area contributed by atoms with Gasteiger partial charge >= 0.3 is 0 Å². The minimum Gasteiger partial charge on any atom is -0.506 e. The number of nitrogens with zero attached hydrogens (tertiary/aromatic N) is 5. The van der Waals surface area contributed by atoms with Gasteiger partial charge in [0.25, 0.3) is 0 Å². The summed E-state index contributed by atoms with van der Waals surface area (Å²) in [5.74, 6) is 1.00. The lowest BCUT2D eigenvalue weighted by atomic mass is 10.2. The zero-order valence-corrected chi connectivity index (χ0v) is 13.1. The number of hydrogen-bond donors (Lipinski definition) is 1. The van der Waals surface area contributed by atoms with E-state index in [1.807, 2.05) is 6.92 Å². The fraction of sp³-hybridized carbons (Fsp3) is 0.353. The number of pyridine rings is 2. The van der Waals surface area contributed by atoms with Gasteiger partial charge in [0.15, 0.2) is 0 Å². The Morgan fingerprint density at radius 3 is 2.74 bits per heavy atom. The Kier molecular flexibility index (Phi) is 4.40. The topological polar surface area (TPSA) is 76.3 Å². The molecule has 1 fully saturated rings. The lowest BCUT2D eigenvalue weighted by molar-refractivity contribution is 0.243. The van der Waals surface area contributed by atoms with Crippen LogP contribution in [0.3, 0.4) is 0 Å². The molecule has 6 heteroatoms. The summed E-state index contributed by atoms with van der Waals surface area (Å²) in [4.78, 5) is 13.1. The van der Waals surface area contributed by atoms with Crippen LogP contribution in [0.2, 0.25) is 0 Å². The van der Waals surface area contributed by atoms with E-state index >= 15 is 0 Å². The van der Waals surface area contributed by atoms with E-state index in [1.54, 1.807) is 30.5 Å². The first kappa shape index (κ1) is 15.3. The third-order valence-electron chi connectivity index (χ3n) is 4.04. The number of aromatic hydroxyl groups is 1. The van der Waals surface area contributed by atoms with E-state index < -0.39 is 0 Å². The highest BCUT2D eigenvalue weighted by Crippen LogP contribution is 2.21. The van der Waals surface area contributed by atoms with Crippen LogP contribution < -0.4 is 4.90 Å². The first-order valence-corrected chi connectivity index (χ1v) is 7.65. The molecule has 1 aliphatic heterocycles. The molecule has 23 heavy (non-hydrogen) atoms. The second-order valence-corrected chi connectivity index (χ2v) is 5.67. The average Bonchev–Trinajstić information content (AvgIpc) is 2.59. The first-order valence-electron chi connectivity index (χ1n) is 7.65. The summed E-state index contributed by atoms with van der Waals surface area (Å²) in [6, 6.07) is 9.28. The van der Waals surface area contributed by atoms with Gasteiger partial charge in [0.2, 0.25) is 0 Å². The Balaban J connectivity index is 1.65. The van der Waals surface area contributed by atoms with Crippen LogP contribution in [0.15, 0.2) is 30.5 Å². The zero-order valence-electron chi connectivity index (χ0n) is 13.1. The van der Waals surface area contributed by atoms with Gasteiger partial charge in [-0.05, 0) is 31.2 Å². The van der Waals surface area contributed by atoms with Crippen LogP contribution >= 0.6 is 0 Å². The lowest BCUT2D eigenvalue weighted by Crippen LogP contribution is -2.46. The number of aromatic nitrogens is 2. The molecule has 0 spiro atoms. The van der Waals surface area contributed by atoms with Crippen molar-refractivity contribution in [1.29, 1.82) is 5.26 Å². The molecule has 0 aromatic carbocycles. The maximum Gasteiger partial charge on any atom is 0.146 e. The normalized spacial score (nSPS) is 15.4. The molecule has 0 unspecified atom stereocenters. The maximum atomic E-state index is 9.92. The Bertz CT molecular complexity index is 732. The molecule has 118 valence electrons. The third kappa shape index (κ3) is 3.41. The summed E-state index contributed by atoms with van der Waals surface area (Å²) in [7, 11) is 0. The molecule has 0 atom stereocenters. The molecular weight excluding hydrogens is 290 g/mol. The molecule has 3 rings (SSSR count). The van der Waals surface area contributed by atoms with Crippen LogP contribution in [0, 0.1) is 18.3 Å². The van der Waals surface area contributed by atoms with Crippen LogP contribution in [0.25, 0.3) is 0 Å². The molecule has 2 aromatic heterocycles. The minimum absolute atomic E-state index is 0.245. The predicted octanol–water partition coefficient (Wildman–Crippen LogP) is 1.68. The van der Waals surface area contributed by atoms with Crippen LogP contribution in [0.1, 0.15) is 17.0 Å². The molecule has 0 bridgehead atoms. The molecule has 0 aliphatic carbocycles. The average molecular weight is 309 g/mol. The van der Waals surface area contributed by atoms with E-state index in [0.29, 0.717) is 17.8 Å². The third-order valence-corrected chi connectivity index (χ3v) is 4.04. The summed E-state index contributed by atoms with van der Waals surface area (Å²) < 4.78 is 0. The Morgan fingerprint density at radius 1 is 1.22 bits per heavy atom. The van der Waals surface area contributed by atoms with Gasteiger partial charge in [0.1, 0.15) is 17.6 Å². The Labute approximate surface area is 135 Å². The van der Waals surface area contributed by atoms with Crippen molar-refractivity contribution >= 4 is 5.82 Å². The van der Waals surface area contributed by atoms with E-state index in [2.05, 4.69) is 25.8 Å². The van der Waals surface area contributed by atoms with E-state index in [1.165, 1.54) is 0 Å². The van der Waals surface area contributed by atoms with Crippen LogP contribution in [0.5, 0.6) is 5.75 Å². The van der Waals surface area contributed by atoms with Crippen LogP contribution in [-0.4, -0.2) is 46.2 Å². The number of aryl methyl sites for hydroxylation is 1. The van der Waals surface area contributed by atoms with Gasteiger partial charge < -0.3 is 10.0 Å². The van der Waals surface area contributed by atoms with Crippen molar-refractivity contribution in [3.05, 3.63) is 47.4 Å². The molecule has 3 heterocycles. The van der Waals surface area contributed by atoms with Crippen molar-refractivity contribution in [3.8, 4) is 11.8 Å². The van der Waals surface area contributed by atoms with Crippen molar-refractivity contribution in [1.82, 2.24) is 14.9 Å². The van der Waals surface area contributed by atoms with Crippen molar-refractivity contribution in [3.63, 3.8) is 0 Å². The Hall–Kier alpha value is -2.65. The molecule has 0 amide bonds. The first-order chi connectivity index (χ1) is 11.2. The van der Waals surface area contributed by atoms with Gasteiger partial charge in [0.05, 0.1) is 11.3 Å². The van der Waals surface area contributed by atoms with E-state index in [9.17, 15) is 10.4 Å². The largest absolute Gasteiger partial charge is 0.506 e. The summed E-state index contributed by atoms with van der Waals surface area (Å²) >= 11 is 0. The molecule has 0 radical (unpaired) electrons. The van der Waals surface area contributed by atoms with Crippen molar-refractivity contribution in [2.45, 2.75) is 13.5 Å². The van der Waals surface area contributed by atoms with Gasteiger partial charge in [-0.2, -0.15) is 5.26 Å². The highest BCUT2D eigenvalue weighted by atomic mass is 16.3. The summed E-state index contributed by atoms with van der Waals surface area (Å²) in [6.45, 7) is 5.85. The van der Waals surface area contributed by atoms with Crippen molar-refractivity contribution in [2.75, 3.05) is 31.1 Å². The highest BCUT2D eigenvalue weighted by molar-refractivity contribution is 5.53. The molecule has 0 saturated carbocycles. The van der Waals surface area contributed by atoms with Gasteiger partial charge in [-0.25, -0.2) is 4.98 Å². The highest BCUT2D eigenvalue weighted by Gasteiger charge is 2.21. The van der Waals surface area contributed by atoms with E-state index in [-0.39, 0.29) is 5.75 Å². The second kappa shape index (κ2) is 6.63. The standard InChI is InChI=1S/C17H19N5O/c1-13-4-5-16(23)15(20-13)12-21-7-9-22(10-8-21)17-14(11-18)3-2-6-19-17/h2-6,23H,7-10,12H2,1H3. The fourth-order valence-corrected chi connectivity index (χ4v) is 2.79. The predicted molar refractivity (Wildman–Crippen MR) is 87.1 cm³/mol. The Morgan fingerprint density at radius 2 is 2.00 bits per heavy atom. The molecular formula is C17H19N5O. The van der Waals surface area contributed by atoms with Crippen molar-refractivity contribution in [2.24, 2.45) is 0 Å². The summed E-state index contributed by atoms with van der Waals surface area (Å²) in [5, 5.41) is 19.1. The van der Waals surface area contributed by atoms with Crippen molar-refractivity contribution < 1.29 is 5.11 Å². The minimum atomic E-state index is 0.245. The molecule has 1 saturated heterocycles. The fourth-order valence-electron chi connectivity index (χ4n) is 2.79. The van der Waals surface area contributed by atoms with Crippen LogP contribution in [-0.2, 0) is 6.54 Å². The van der Waals surface area contributed by atoms with E-state index in [0.717, 1.165) is 37.7 Å². The quantitative estimate of drug-likeness (QED) is 0.929. The smallest absolute Gasteiger partial charge is 0.146 e. The number of hydrogen-bond acceptors (Lipinski definition) is 6. The maximum absolute atomic E-state index is 9.92. The molecule has 6 nitrogen and oxygen atoms in total. The van der Waals surface area contributed by atoms with Gasteiger partial charge in [-0.15, -0.1) is 0 Å². The number of nitriles is 1. The summed E-state index contributed by atoms with van der Waals surface area (Å²) in [5.41, 5.74) is 2.23. The molecule has 2 aromatic rings. The SMILES string of the molecule is Cc1ccc(O)c(CN2CCN(c3ncccc3C#N)CC2)n1. The second-order valence-electron chi connectivity index (χ2n) is 5.67. The van der Waals surface area contributed by atoms with Gasteiger partial charge in [-0.1, -0.05) is 0 Å². The monoisotopic (exact) mass is 309 g/mol. The van der Waals surface area contributed by atoms with Gasteiger partial charge in [-0.3, -0.25) is 9.88 Å². The van der Waals surface area contributed by atoms with Crippen LogP contribution in [0.4, 0.5) is 5.82 Å². The van der Waals surface area contributed by atoms with E-state index in [4.69, 9.17) is 0 Å². The summed E-state index contributed by atoms with van der Waals surface area (Å²) in [6.07, 6.45) is 1.72. The number of anilines is 1. The zero-order chi connectivity index (χ0) is 16.2. The molecule has 1 aliphatic rings. The molecule has 1 N–H and O–H groups in total. The number of rotatable bonds is 3. The van der Waals surface area contributed by atoms with Gasteiger partial charge in [0, 0.05) is 44.6 Å². The lowest BCUT2D eigenvalue weighted by Gasteiger charge is -2.35.